The van der Waals surface area contributed by atoms with Crippen LogP contribution in [0.4, 0.5) is 5.95 Å². The van der Waals surface area contributed by atoms with Gasteiger partial charge >= 0.3 is 5.97 Å². The minimum absolute atomic E-state index is 0.148. The number of carboxylic acids is 1. The lowest BCUT2D eigenvalue weighted by Crippen LogP contribution is -2.14. The van der Waals surface area contributed by atoms with Crippen LogP contribution >= 0.6 is 0 Å². The zero-order chi connectivity index (χ0) is 10.8. The highest BCUT2D eigenvalue weighted by molar-refractivity contribution is 5.78. The number of aryl methyl sites for hydroxylation is 1. The zero-order valence-corrected chi connectivity index (χ0v) is 8.14. The quantitative estimate of drug-likeness (QED) is 0.762. The molecule has 0 aliphatic carbocycles. The lowest BCUT2D eigenvalue weighted by atomic mass is 10.4. The van der Waals surface area contributed by atoms with Crippen molar-refractivity contribution in [2.24, 2.45) is 7.05 Å². The van der Waals surface area contributed by atoms with E-state index in [0.717, 1.165) is 11.0 Å². The van der Waals surface area contributed by atoms with Gasteiger partial charge in [0.2, 0.25) is 5.95 Å². The highest BCUT2D eigenvalue weighted by atomic mass is 16.4. The number of nitrogens with one attached hydrogen (secondary N) is 1. The van der Waals surface area contributed by atoms with Gasteiger partial charge < -0.3 is 15.0 Å². The number of hydrogen-bond donors (Lipinski definition) is 2. The first-order valence-corrected chi connectivity index (χ1v) is 4.40. The predicted molar refractivity (Wildman–Crippen MR) is 54.6 cm³/mol. The molecule has 2 rings (SSSR count). The fourth-order valence-corrected chi connectivity index (χ4v) is 1.36. The molecule has 0 radical (unpaired) electrons. The minimum atomic E-state index is -0.916. The summed E-state index contributed by atoms with van der Waals surface area (Å²) in [6.07, 6.45) is 3.31. The van der Waals surface area contributed by atoms with E-state index < -0.39 is 5.97 Å². The van der Waals surface area contributed by atoms with Crippen molar-refractivity contribution in [3.05, 3.63) is 18.5 Å². The minimum Gasteiger partial charge on any atom is -0.480 e. The van der Waals surface area contributed by atoms with Gasteiger partial charge in [0.25, 0.3) is 0 Å². The number of aromatic nitrogens is 3. The van der Waals surface area contributed by atoms with Gasteiger partial charge in [-0.05, 0) is 6.07 Å². The standard InChI is InChI=1S/C9H10N4O2/c1-13-7-2-3-10-4-6(7)12-9(13)11-5-8(14)15/h2-4H,5H2,1H3,(H,11,12)(H,14,15). The van der Waals surface area contributed by atoms with E-state index in [9.17, 15) is 4.79 Å². The summed E-state index contributed by atoms with van der Waals surface area (Å²) in [4.78, 5) is 18.5. The smallest absolute Gasteiger partial charge is 0.322 e. The molecule has 2 aromatic rings. The van der Waals surface area contributed by atoms with Gasteiger partial charge in [0.1, 0.15) is 12.1 Å². The molecule has 2 aromatic heterocycles. The Morgan fingerprint density at radius 3 is 3.13 bits per heavy atom. The molecule has 0 amide bonds. The molecule has 78 valence electrons. The van der Waals surface area contributed by atoms with Crippen LogP contribution in [0.3, 0.4) is 0 Å². The molecule has 2 N–H and O–H groups in total. The third-order valence-electron chi connectivity index (χ3n) is 2.08. The molecule has 0 aliphatic heterocycles. The number of fused-ring (bicyclic) bond motifs is 1. The van der Waals surface area contributed by atoms with Gasteiger partial charge in [-0.2, -0.15) is 0 Å². The van der Waals surface area contributed by atoms with Crippen molar-refractivity contribution in [2.45, 2.75) is 0 Å². The third-order valence-corrected chi connectivity index (χ3v) is 2.08. The highest BCUT2D eigenvalue weighted by Crippen LogP contribution is 2.15. The maximum atomic E-state index is 10.4. The largest absolute Gasteiger partial charge is 0.480 e. The maximum Gasteiger partial charge on any atom is 0.322 e. The first-order valence-electron chi connectivity index (χ1n) is 4.40. The van der Waals surface area contributed by atoms with E-state index in [4.69, 9.17) is 5.11 Å². The molecular weight excluding hydrogens is 196 g/mol. The molecule has 0 saturated carbocycles. The second-order valence-electron chi connectivity index (χ2n) is 3.11. The first kappa shape index (κ1) is 9.45. The Balaban J connectivity index is 2.36. The molecule has 0 fully saturated rings. The van der Waals surface area contributed by atoms with Crippen LogP contribution in [0.15, 0.2) is 18.5 Å². The van der Waals surface area contributed by atoms with E-state index >= 15 is 0 Å². The van der Waals surface area contributed by atoms with Gasteiger partial charge in [-0.25, -0.2) is 4.98 Å². The average molecular weight is 206 g/mol. The summed E-state index contributed by atoms with van der Waals surface area (Å²) in [6, 6.07) is 1.83. The third kappa shape index (κ3) is 1.74. The molecule has 0 bridgehead atoms. The average Bonchev–Trinajstić information content (AvgIpc) is 2.54. The number of anilines is 1. The molecule has 15 heavy (non-hydrogen) atoms. The topological polar surface area (TPSA) is 80.0 Å². The zero-order valence-electron chi connectivity index (χ0n) is 8.14. The molecule has 0 aromatic carbocycles. The summed E-state index contributed by atoms with van der Waals surface area (Å²) in [5, 5.41) is 11.3. The Labute approximate surface area is 85.6 Å². The molecule has 0 atom stereocenters. The van der Waals surface area contributed by atoms with Crippen molar-refractivity contribution in [1.82, 2.24) is 14.5 Å². The molecule has 0 saturated heterocycles. The van der Waals surface area contributed by atoms with E-state index in [1.807, 2.05) is 13.1 Å². The second-order valence-corrected chi connectivity index (χ2v) is 3.11. The summed E-state index contributed by atoms with van der Waals surface area (Å²) < 4.78 is 1.79. The Morgan fingerprint density at radius 2 is 2.47 bits per heavy atom. The number of rotatable bonds is 3. The van der Waals surface area contributed by atoms with Crippen molar-refractivity contribution in [1.29, 1.82) is 0 Å². The van der Waals surface area contributed by atoms with Gasteiger partial charge in [0.15, 0.2) is 0 Å². The van der Waals surface area contributed by atoms with Crippen LogP contribution in [0, 0.1) is 0 Å². The number of carbonyl (C=O) groups is 1. The first-order chi connectivity index (χ1) is 7.18. The van der Waals surface area contributed by atoms with E-state index in [0.29, 0.717) is 5.95 Å². The number of aliphatic carboxylic acids is 1. The number of nitrogens with zero attached hydrogens (tertiary/aromatic N) is 3. The van der Waals surface area contributed by atoms with Gasteiger partial charge in [0, 0.05) is 13.2 Å². The summed E-state index contributed by atoms with van der Waals surface area (Å²) in [6.45, 7) is -0.148. The molecule has 0 unspecified atom stereocenters. The van der Waals surface area contributed by atoms with Gasteiger partial charge in [-0.15, -0.1) is 0 Å². The normalized spacial score (nSPS) is 10.5. The summed E-state index contributed by atoms with van der Waals surface area (Å²) in [5.74, 6) is -0.388. The van der Waals surface area contributed by atoms with Gasteiger partial charge in [0.05, 0.1) is 11.7 Å². The molecule has 6 heteroatoms. The van der Waals surface area contributed by atoms with E-state index in [1.165, 1.54) is 0 Å². The molecule has 0 spiro atoms. The van der Waals surface area contributed by atoms with Crippen LogP contribution in [0.5, 0.6) is 0 Å². The number of carboxylic acid groups (broad SMARTS) is 1. The van der Waals surface area contributed by atoms with Crippen LogP contribution in [-0.2, 0) is 11.8 Å². The van der Waals surface area contributed by atoms with Crippen LogP contribution in [0.25, 0.3) is 11.0 Å². The summed E-state index contributed by atoms with van der Waals surface area (Å²) in [5.41, 5.74) is 1.66. The molecule has 6 nitrogen and oxygen atoms in total. The molecular formula is C9H10N4O2. The van der Waals surface area contributed by atoms with Crippen LogP contribution in [0.1, 0.15) is 0 Å². The van der Waals surface area contributed by atoms with Crippen molar-refractivity contribution >= 4 is 23.0 Å². The Morgan fingerprint density at radius 1 is 1.67 bits per heavy atom. The maximum absolute atomic E-state index is 10.4. The van der Waals surface area contributed by atoms with Crippen LogP contribution in [0.2, 0.25) is 0 Å². The SMILES string of the molecule is Cn1c(NCC(=O)O)nc2cnccc21. The number of hydrogen-bond acceptors (Lipinski definition) is 4. The second kappa shape index (κ2) is 3.56. The van der Waals surface area contributed by atoms with E-state index in [1.54, 1.807) is 17.0 Å². The lowest BCUT2D eigenvalue weighted by molar-refractivity contribution is -0.134. The monoisotopic (exact) mass is 206 g/mol. The predicted octanol–water partition coefficient (Wildman–Crippen LogP) is 0.465. The van der Waals surface area contributed by atoms with Crippen molar-refractivity contribution in [2.75, 3.05) is 11.9 Å². The highest BCUT2D eigenvalue weighted by Gasteiger charge is 2.07. The fraction of sp³-hybridized carbons (Fsp3) is 0.222. The summed E-state index contributed by atoms with van der Waals surface area (Å²) >= 11 is 0. The van der Waals surface area contributed by atoms with Crippen molar-refractivity contribution < 1.29 is 9.90 Å². The van der Waals surface area contributed by atoms with E-state index in [2.05, 4.69) is 15.3 Å². The van der Waals surface area contributed by atoms with Crippen molar-refractivity contribution in [3.63, 3.8) is 0 Å². The number of pyridine rings is 1. The Bertz CT molecular complexity index is 506. The van der Waals surface area contributed by atoms with Crippen molar-refractivity contribution in [3.8, 4) is 0 Å². The fourth-order valence-electron chi connectivity index (χ4n) is 1.36. The molecule has 0 aliphatic rings. The molecule has 2 heterocycles. The number of imidazole rings is 1. The van der Waals surface area contributed by atoms with Crippen LogP contribution < -0.4 is 5.32 Å². The summed E-state index contributed by atoms with van der Waals surface area (Å²) in [7, 11) is 1.82. The Kier molecular flexibility index (Phi) is 2.24. The lowest BCUT2D eigenvalue weighted by Gasteiger charge is -2.02. The van der Waals surface area contributed by atoms with Crippen LogP contribution in [-0.4, -0.2) is 32.2 Å². The van der Waals surface area contributed by atoms with Gasteiger partial charge in [-0.1, -0.05) is 0 Å². The Hall–Kier alpha value is -2.11. The van der Waals surface area contributed by atoms with E-state index in [-0.39, 0.29) is 6.54 Å². The van der Waals surface area contributed by atoms with Gasteiger partial charge in [-0.3, -0.25) is 9.78 Å².